The van der Waals surface area contributed by atoms with E-state index >= 15 is 0 Å². The molecule has 0 aromatic heterocycles. The van der Waals surface area contributed by atoms with Crippen molar-refractivity contribution in [3.8, 4) is 11.5 Å². The Bertz CT molecular complexity index is 1280. The molecular formula is C22H18ClFN2O4S. The fourth-order valence-electron chi connectivity index (χ4n) is 3.13. The van der Waals surface area contributed by atoms with Gasteiger partial charge in [-0.05, 0) is 48.9 Å². The number of para-hydroxylation sites is 1. The molecule has 0 bridgehead atoms. The van der Waals surface area contributed by atoms with Gasteiger partial charge < -0.3 is 14.8 Å². The number of hydrogen-bond donors (Lipinski definition) is 1. The molecule has 0 amide bonds. The van der Waals surface area contributed by atoms with E-state index in [2.05, 4.69) is 9.71 Å². The molecule has 0 spiro atoms. The Morgan fingerprint density at radius 1 is 1.06 bits per heavy atom. The minimum absolute atomic E-state index is 0.0812. The van der Waals surface area contributed by atoms with E-state index in [1.165, 1.54) is 18.2 Å². The van der Waals surface area contributed by atoms with Crippen LogP contribution in [0.15, 0.2) is 70.0 Å². The maximum absolute atomic E-state index is 13.4. The molecule has 160 valence electrons. The van der Waals surface area contributed by atoms with Gasteiger partial charge in [0.2, 0.25) is 0 Å². The van der Waals surface area contributed by atoms with Gasteiger partial charge in [0.25, 0.3) is 10.0 Å². The van der Waals surface area contributed by atoms with Crippen molar-refractivity contribution in [3.63, 3.8) is 0 Å². The highest BCUT2D eigenvalue weighted by molar-refractivity contribution is 7.90. The molecule has 31 heavy (non-hydrogen) atoms. The molecule has 0 saturated carbocycles. The third-order valence-corrected chi connectivity index (χ3v) is 6.10. The van der Waals surface area contributed by atoms with Gasteiger partial charge in [0.05, 0.1) is 17.3 Å². The lowest BCUT2D eigenvalue weighted by Crippen LogP contribution is -2.22. The third-order valence-electron chi connectivity index (χ3n) is 4.48. The standard InChI is InChI=1S/C22H18ClFN2O4S/c1-2-29-19-12-15(22-25-18-8-3-4-9-20(18)31(27,28)26-22)11-17(23)21(19)30-13-14-6-5-7-16(24)10-14/h3-12H,2,13H2,1H3,(H,25,26). The van der Waals surface area contributed by atoms with Crippen LogP contribution in [0, 0.1) is 5.82 Å². The number of rotatable bonds is 6. The van der Waals surface area contributed by atoms with Crippen LogP contribution >= 0.6 is 11.6 Å². The van der Waals surface area contributed by atoms with E-state index in [9.17, 15) is 12.8 Å². The van der Waals surface area contributed by atoms with Crippen molar-refractivity contribution < 1.29 is 22.3 Å². The Hall–Kier alpha value is -3.10. The molecule has 4 rings (SSSR count). The maximum atomic E-state index is 13.4. The molecule has 1 heterocycles. The summed E-state index contributed by atoms with van der Waals surface area (Å²) in [6.45, 7) is 2.21. The highest BCUT2D eigenvalue weighted by Gasteiger charge is 2.26. The Kier molecular flexibility index (Phi) is 5.84. The molecule has 9 heteroatoms. The number of fused-ring (bicyclic) bond motifs is 1. The normalized spacial score (nSPS) is 14.2. The smallest absolute Gasteiger partial charge is 0.286 e. The van der Waals surface area contributed by atoms with Crippen molar-refractivity contribution in [1.29, 1.82) is 0 Å². The third kappa shape index (κ3) is 4.50. The van der Waals surface area contributed by atoms with Gasteiger partial charge in [-0.3, -0.25) is 0 Å². The zero-order valence-corrected chi connectivity index (χ0v) is 18.0. The summed E-state index contributed by atoms with van der Waals surface area (Å²) < 4.78 is 53.9. The molecule has 0 unspecified atom stereocenters. The van der Waals surface area contributed by atoms with Crippen molar-refractivity contribution in [2.75, 3.05) is 11.9 Å². The Morgan fingerprint density at radius 3 is 2.65 bits per heavy atom. The van der Waals surface area contributed by atoms with E-state index in [0.717, 1.165) is 0 Å². The second-order valence-electron chi connectivity index (χ2n) is 6.67. The van der Waals surface area contributed by atoms with Crippen molar-refractivity contribution >= 4 is 33.1 Å². The van der Waals surface area contributed by atoms with Crippen LogP contribution in [0.1, 0.15) is 18.1 Å². The van der Waals surface area contributed by atoms with E-state index in [-0.39, 0.29) is 33.9 Å². The number of benzene rings is 3. The van der Waals surface area contributed by atoms with Crippen LogP contribution in [0.4, 0.5) is 10.1 Å². The van der Waals surface area contributed by atoms with Crippen LogP contribution in [-0.2, 0) is 16.6 Å². The molecule has 1 aliphatic rings. The van der Waals surface area contributed by atoms with Crippen LogP contribution in [0.5, 0.6) is 11.5 Å². The lowest BCUT2D eigenvalue weighted by atomic mass is 10.1. The molecule has 1 N–H and O–H groups in total. The molecule has 3 aromatic carbocycles. The highest BCUT2D eigenvalue weighted by Crippen LogP contribution is 2.38. The number of sulfonamides is 1. The van der Waals surface area contributed by atoms with Gasteiger partial charge in [-0.2, -0.15) is 8.42 Å². The number of nitrogens with zero attached hydrogens (tertiary/aromatic N) is 1. The van der Waals surface area contributed by atoms with Crippen molar-refractivity contribution in [2.45, 2.75) is 18.4 Å². The molecule has 1 aliphatic heterocycles. The van der Waals surface area contributed by atoms with Gasteiger partial charge in [0, 0.05) is 5.56 Å². The SMILES string of the molecule is CCOc1cc(C2=NS(=O)(=O)c3ccccc3N2)cc(Cl)c1OCc1cccc(F)c1. The zero-order valence-electron chi connectivity index (χ0n) is 16.4. The fraction of sp³-hybridized carbons (Fsp3) is 0.136. The lowest BCUT2D eigenvalue weighted by Gasteiger charge is -2.20. The summed E-state index contributed by atoms with van der Waals surface area (Å²) in [6.07, 6.45) is 0. The molecule has 6 nitrogen and oxygen atoms in total. The predicted molar refractivity (Wildman–Crippen MR) is 117 cm³/mol. The summed E-state index contributed by atoms with van der Waals surface area (Å²) in [5, 5.41) is 3.23. The topological polar surface area (TPSA) is 77.0 Å². The first kappa shape index (κ1) is 21.1. The first-order chi connectivity index (χ1) is 14.9. The monoisotopic (exact) mass is 460 g/mol. The molecular weight excluding hydrogens is 443 g/mol. The minimum atomic E-state index is -3.86. The first-order valence-corrected chi connectivity index (χ1v) is 11.2. The number of ether oxygens (including phenoxy) is 2. The Morgan fingerprint density at radius 2 is 1.87 bits per heavy atom. The summed E-state index contributed by atoms with van der Waals surface area (Å²) in [7, 11) is -3.86. The fourth-order valence-corrected chi connectivity index (χ4v) is 4.53. The summed E-state index contributed by atoms with van der Waals surface area (Å²) in [4.78, 5) is 0.102. The van der Waals surface area contributed by atoms with Crippen LogP contribution in [0.25, 0.3) is 0 Å². The predicted octanol–water partition coefficient (Wildman–Crippen LogP) is 5.02. The summed E-state index contributed by atoms with van der Waals surface area (Å²) in [5.41, 5.74) is 1.47. The Balaban J connectivity index is 1.68. The second kappa shape index (κ2) is 8.56. The van der Waals surface area contributed by atoms with Crippen molar-refractivity contribution in [3.05, 3.63) is 82.6 Å². The van der Waals surface area contributed by atoms with Gasteiger partial charge in [-0.25, -0.2) is 4.39 Å². The summed E-state index contributed by atoms with van der Waals surface area (Å²) >= 11 is 6.45. The zero-order chi connectivity index (χ0) is 22.0. The molecule has 0 atom stereocenters. The average molecular weight is 461 g/mol. The average Bonchev–Trinajstić information content (AvgIpc) is 2.73. The summed E-state index contributed by atoms with van der Waals surface area (Å²) in [5.74, 6) is 0.354. The van der Waals surface area contributed by atoms with Crippen molar-refractivity contribution in [1.82, 2.24) is 0 Å². The number of hydrogen-bond acceptors (Lipinski definition) is 5. The van der Waals surface area contributed by atoms with Crippen LogP contribution in [0.2, 0.25) is 5.02 Å². The largest absolute Gasteiger partial charge is 0.490 e. The number of amidine groups is 1. The van der Waals surface area contributed by atoms with Gasteiger partial charge >= 0.3 is 0 Å². The van der Waals surface area contributed by atoms with E-state index < -0.39 is 10.0 Å². The second-order valence-corrected chi connectivity index (χ2v) is 8.65. The molecule has 0 radical (unpaired) electrons. The van der Waals surface area contributed by atoms with Crippen LogP contribution < -0.4 is 14.8 Å². The number of nitrogens with one attached hydrogen (secondary N) is 1. The molecule has 3 aromatic rings. The van der Waals surface area contributed by atoms with E-state index in [0.29, 0.717) is 29.2 Å². The van der Waals surface area contributed by atoms with E-state index in [1.807, 2.05) is 0 Å². The summed E-state index contributed by atoms with van der Waals surface area (Å²) in [6, 6.07) is 15.7. The number of halogens is 2. The highest BCUT2D eigenvalue weighted by atomic mass is 35.5. The Labute approximate surface area is 184 Å². The minimum Gasteiger partial charge on any atom is -0.490 e. The van der Waals surface area contributed by atoms with Gasteiger partial charge in [-0.1, -0.05) is 35.9 Å². The quantitative estimate of drug-likeness (QED) is 0.559. The van der Waals surface area contributed by atoms with E-state index in [1.54, 1.807) is 49.4 Å². The molecule has 0 fully saturated rings. The molecule has 0 aliphatic carbocycles. The van der Waals surface area contributed by atoms with E-state index in [4.69, 9.17) is 21.1 Å². The van der Waals surface area contributed by atoms with Gasteiger partial charge in [0.15, 0.2) is 17.3 Å². The maximum Gasteiger partial charge on any atom is 0.286 e. The van der Waals surface area contributed by atoms with Crippen molar-refractivity contribution in [2.24, 2.45) is 4.40 Å². The number of anilines is 1. The van der Waals surface area contributed by atoms with Crippen LogP contribution in [0.3, 0.4) is 0 Å². The van der Waals surface area contributed by atoms with Crippen LogP contribution in [-0.4, -0.2) is 20.9 Å². The first-order valence-electron chi connectivity index (χ1n) is 9.42. The lowest BCUT2D eigenvalue weighted by molar-refractivity contribution is 0.269. The molecule has 0 saturated heterocycles. The van der Waals surface area contributed by atoms with Gasteiger partial charge in [0.1, 0.15) is 17.3 Å². The van der Waals surface area contributed by atoms with Gasteiger partial charge in [-0.15, -0.1) is 4.40 Å².